The Balaban J connectivity index is 2.20. The Hall–Kier alpha value is -0.980. The fraction of sp³-hybridized carbons (Fsp3) is 0.500. The van der Waals surface area contributed by atoms with Gasteiger partial charge in [0.15, 0.2) is 0 Å². The average molecular weight is 372 g/mol. The van der Waals surface area contributed by atoms with E-state index in [-0.39, 0.29) is 17.5 Å². The largest absolute Gasteiger partial charge is 0.497 e. The first kappa shape index (κ1) is 13.0. The number of fused-ring (bicyclic) bond motifs is 3. The highest BCUT2D eigenvalue weighted by molar-refractivity contribution is 14.1. The number of amides is 1. The number of carbonyl (C=O) groups excluding carboxylic acids is 1. The molecule has 1 aromatic rings. The topological polar surface area (TPSA) is 32.8 Å². The van der Waals surface area contributed by atoms with Crippen LogP contribution in [-0.2, 0) is 10.2 Å². The molecule has 1 fully saturated rings. The maximum Gasteiger partial charge on any atom is 0.225 e. The highest BCUT2D eigenvalue weighted by atomic mass is 127. The Morgan fingerprint density at radius 2 is 2.16 bits per heavy atom. The van der Waals surface area contributed by atoms with Gasteiger partial charge >= 0.3 is 0 Å². The third-order valence-electron chi connectivity index (χ3n) is 4.45. The summed E-state index contributed by atoms with van der Waals surface area (Å²) in [6.07, 6.45) is 0.709. The standard InChI is InChI=1S/C14H17IN2O2/c1-16-11-5-4-9(19-3)6-10(11)14(8-15)7-12(18)17(2)13(14)16/h4-6,13H,7-8H2,1-3H3/t13-,14+/m0/s1. The summed E-state index contributed by atoms with van der Waals surface area (Å²) in [7, 11) is 5.65. The zero-order chi connectivity index (χ0) is 13.8. The molecule has 1 aromatic carbocycles. The molecule has 2 heterocycles. The van der Waals surface area contributed by atoms with Gasteiger partial charge in [0.2, 0.25) is 5.91 Å². The van der Waals surface area contributed by atoms with E-state index in [9.17, 15) is 4.79 Å². The van der Waals surface area contributed by atoms with Crippen LogP contribution in [0.2, 0.25) is 0 Å². The number of anilines is 1. The van der Waals surface area contributed by atoms with E-state index in [1.54, 1.807) is 7.11 Å². The second-order valence-electron chi connectivity index (χ2n) is 5.34. The molecular formula is C14H17IN2O2. The molecule has 0 spiro atoms. The molecule has 1 saturated heterocycles. The Morgan fingerprint density at radius 1 is 1.42 bits per heavy atom. The van der Waals surface area contributed by atoms with Crippen LogP contribution in [0, 0.1) is 0 Å². The fourth-order valence-corrected chi connectivity index (χ4v) is 4.60. The number of ether oxygens (including phenoxy) is 1. The minimum Gasteiger partial charge on any atom is -0.497 e. The molecule has 0 aliphatic carbocycles. The zero-order valence-corrected chi connectivity index (χ0v) is 13.5. The number of halogens is 1. The SMILES string of the molecule is COc1ccc2c(c1)[C@]1(CI)CC(=O)N(C)[C@@H]1N2C. The van der Waals surface area contributed by atoms with Crippen LogP contribution in [0.5, 0.6) is 5.75 Å². The third kappa shape index (κ3) is 1.53. The number of benzene rings is 1. The van der Waals surface area contributed by atoms with Gasteiger partial charge in [-0.25, -0.2) is 0 Å². The van der Waals surface area contributed by atoms with Crippen LogP contribution in [0.15, 0.2) is 18.2 Å². The maximum atomic E-state index is 12.1. The van der Waals surface area contributed by atoms with Crippen molar-refractivity contribution in [2.45, 2.75) is 18.0 Å². The van der Waals surface area contributed by atoms with Gasteiger partial charge in [0.1, 0.15) is 11.9 Å². The van der Waals surface area contributed by atoms with E-state index in [0.29, 0.717) is 6.42 Å². The van der Waals surface area contributed by atoms with E-state index in [0.717, 1.165) is 10.2 Å². The molecule has 0 radical (unpaired) electrons. The van der Waals surface area contributed by atoms with Gasteiger partial charge in [-0.2, -0.15) is 0 Å². The molecule has 4 nitrogen and oxygen atoms in total. The summed E-state index contributed by atoms with van der Waals surface area (Å²) in [4.78, 5) is 16.2. The monoisotopic (exact) mass is 372 g/mol. The minimum absolute atomic E-state index is 0.106. The van der Waals surface area contributed by atoms with Crippen molar-refractivity contribution in [3.8, 4) is 5.75 Å². The quantitative estimate of drug-likeness (QED) is 0.588. The summed E-state index contributed by atoms with van der Waals surface area (Å²) in [6, 6.07) is 6.18. The van der Waals surface area contributed by atoms with Crippen molar-refractivity contribution < 1.29 is 9.53 Å². The average Bonchev–Trinajstić information content (AvgIpc) is 2.82. The first-order valence-electron chi connectivity index (χ1n) is 6.28. The van der Waals surface area contributed by atoms with E-state index >= 15 is 0 Å². The van der Waals surface area contributed by atoms with Crippen LogP contribution in [0.4, 0.5) is 5.69 Å². The van der Waals surface area contributed by atoms with E-state index in [1.165, 1.54) is 11.3 Å². The molecule has 0 aromatic heterocycles. The van der Waals surface area contributed by atoms with Crippen LogP contribution in [0.1, 0.15) is 12.0 Å². The fourth-order valence-electron chi connectivity index (χ4n) is 3.53. The number of alkyl halides is 1. The van der Waals surface area contributed by atoms with Crippen molar-refractivity contribution in [1.29, 1.82) is 0 Å². The molecule has 0 saturated carbocycles. The molecule has 5 heteroatoms. The van der Waals surface area contributed by atoms with Gasteiger partial charge < -0.3 is 14.5 Å². The van der Waals surface area contributed by atoms with Gasteiger partial charge in [-0.05, 0) is 23.8 Å². The van der Waals surface area contributed by atoms with Crippen LogP contribution in [0.25, 0.3) is 0 Å². The highest BCUT2D eigenvalue weighted by Gasteiger charge is 2.58. The van der Waals surface area contributed by atoms with E-state index in [2.05, 4.69) is 46.7 Å². The van der Waals surface area contributed by atoms with Gasteiger partial charge in [0.05, 0.1) is 12.5 Å². The molecule has 3 rings (SSSR count). The molecule has 2 atom stereocenters. The smallest absolute Gasteiger partial charge is 0.225 e. The molecule has 0 unspecified atom stereocenters. The minimum atomic E-state index is -0.106. The molecule has 2 aliphatic rings. The lowest BCUT2D eigenvalue weighted by atomic mass is 9.81. The van der Waals surface area contributed by atoms with Crippen LogP contribution in [0.3, 0.4) is 0 Å². The summed E-state index contributed by atoms with van der Waals surface area (Å²) in [5.74, 6) is 1.08. The van der Waals surface area contributed by atoms with Gasteiger partial charge in [0.25, 0.3) is 0 Å². The number of rotatable bonds is 2. The van der Waals surface area contributed by atoms with Crippen molar-refractivity contribution in [1.82, 2.24) is 4.90 Å². The van der Waals surface area contributed by atoms with E-state index < -0.39 is 0 Å². The molecule has 2 aliphatic heterocycles. The second kappa shape index (κ2) is 4.26. The van der Waals surface area contributed by atoms with E-state index in [4.69, 9.17) is 4.74 Å². The maximum absolute atomic E-state index is 12.1. The number of carbonyl (C=O) groups is 1. The predicted molar refractivity (Wildman–Crippen MR) is 83.1 cm³/mol. The third-order valence-corrected chi connectivity index (χ3v) is 5.81. The summed E-state index contributed by atoms with van der Waals surface area (Å²) < 4.78 is 6.27. The molecule has 102 valence electrons. The Kier molecular flexibility index (Phi) is 2.92. The number of likely N-dealkylation sites (tertiary alicyclic amines) is 1. The number of likely N-dealkylation sites (N-methyl/N-ethyl adjacent to an activating group) is 2. The Labute approximate surface area is 126 Å². The highest BCUT2D eigenvalue weighted by Crippen LogP contribution is 2.53. The number of methoxy groups -OCH3 is 1. The molecule has 0 bridgehead atoms. The predicted octanol–water partition coefficient (Wildman–Crippen LogP) is 2.01. The molecular weight excluding hydrogens is 355 g/mol. The van der Waals surface area contributed by atoms with Crippen molar-refractivity contribution >= 4 is 34.2 Å². The van der Waals surface area contributed by atoms with E-state index in [1.807, 2.05) is 18.0 Å². The number of nitrogens with zero attached hydrogens (tertiary/aromatic N) is 2. The van der Waals surface area contributed by atoms with Crippen molar-refractivity contribution in [2.24, 2.45) is 0 Å². The molecule has 0 N–H and O–H groups in total. The van der Waals surface area contributed by atoms with Crippen LogP contribution < -0.4 is 9.64 Å². The van der Waals surface area contributed by atoms with Crippen molar-refractivity contribution in [2.75, 3.05) is 30.5 Å². The summed E-state index contributed by atoms with van der Waals surface area (Å²) >= 11 is 2.40. The van der Waals surface area contributed by atoms with Gasteiger partial charge in [-0.15, -0.1) is 0 Å². The summed E-state index contributed by atoms with van der Waals surface area (Å²) in [5.41, 5.74) is 2.35. The summed E-state index contributed by atoms with van der Waals surface area (Å²) in [6.45, 7) is 0. The van der Waals surface area contributed by atoms with Crippen molar-refractivity contribution in [3.05, 3.63) is 23.8 Å². The summed E-state index contributed by atoms with van der Waals surface area (Å²) in [5, 5.41) is 0. The van der Waals surface area contributed by atoms with Crippen molar-refractivity contribution in [3.63, 3.8) is 0 Å². The lowest BCUT2D eigenvalue weighted by Crippen LogP contribution is -2.48. The lowest BCUT2D eigenvalue weighted by Gasteiger charge is -2.33. The molecule has 19 heavy (non-hydrogen) atoms. The Morgan fingerprint density at radius 3 is 2.79 bits per heavy atom. The normalized spacial score (nSPS) is 28.6. The van der Waals surface area contributed by atoms with Gasteiger partial charge in [-0.1, -0.05) is 22.6 Å². The Bertz CT molecular complexity index is 548. The second-order valence-corrected chi connectivity index (χ2v) is 6.10. The first-order valence-corrected chi connectivity index (χ1v) is 7.80. The molecule has 1 amide bonds. The number of hydrogen-bond donors (Lipinski definition) is 0. The number of hydrogen-bond acceptors (Lipinski definition) is 3. The zero-order valence-electron chi connectivity index (χ0n) is 11.3. The van der Waals surface area contributed by atoms with Crippen LogP contribution in [-0.4, -0.2) is 42.6 Å². The lowest BCUT2D eigenvalue weighted by molar-refractivity contribution is -0.127. The van der Waals surface area contributed by atoms with Gasteiger partial charge in [0, 0.05) is 30.6 Å². The van der Waals surface area contributed by atoms with Crippen LogP contribution >= 0.6 is 22.6 Å². The van der Waals surface area contributed by atoms with Gasteiger partial charge in [-0.3, -0.25) is 4.79 Å². The first-order chi connectivity index (χ1) is 9.05.